The fraction of sp³-hybridized carbons (Fsp3) is 0.171. The minimum atomic E-state index is -1.56. The van der Waals surface area contributed by atoms with Gasteiger partial charge in [0.25, 0.3) is 0 Å². The summed E-state index contributed by atoms with van der Waals surface area (Å²) in [7, 11) is 3.25. The van der Waals surface area contributed by atoms with Crippen LogP contribution in [-0.4, -0.2) is 25.1 Å². The van der Waals surface area contributed by atoms with Crippen molar-refractivity contribution < 1.29 is 19.4 Å². The predicted octanol–water partition coefficient (Wildman–Crippen LogP) is 7.06. The quantitative estimate of drug-likeness (QED) is 0.255. The number of carbonyl (C=O) groups is 1. The molecule has 0 amide bonds. The second-order valence-corrected chi connectivity index (χ2v) is 9.80. The van der Waals surface area contributed by atoms with E-state index in [4.69, 9.17) is 9.47 Å². The van der Waals surface area contributed by atoms with E-state index in [0.29, 0.717) is 17.7 Å². The number of ether oxygens (including phenoxy) is 2. The summed E-state index contributed by atoms with van der Waals surface area (Å²) in [4.78, 5) is 14.1. The normalized spacial score (nSPS) is 20.8. The summed E-state index contributed by atoms with van der Waals surface area (Å²) in [5, 5.41) is 12.6. The topological polar surface area (TPSA) is 55.8 Å². The number of hydrogen-bond donors (Lipinski definition) is 1. The Labute approximate surface area is 229 Å². The molecule has 0 radical (unpaired) electrons. The van der Waals surface area contributed by atoms with Crippen molar-refractivity contribution in [2.75, 3.05) is 14.2 Å². The molecule has 0 saturated heterocycles. The Hall–Kier alpha value is -4.41. The second-order valence-electron chi connectivity index (χ2n) is 9.80. The van der Waals surface area contributed by atoms with E-state index in [9.17, 15) is 9.90 Å². The molecule has 0 aliphatic heterocycles. The van der Waals surface area contributed by atoms with Crippen molar-refractivity contribution >= 4 is 17.4 Å². The van der Waals surface area contributed by atoms with Gasteiger partial charge in [-0.15, -0.1) is 0 Å². The van der Waals surface area contributed by atoms with E-state index in [1.165, 1.54) is 0 Å². The maximum Gasteiger partial charge on any atom is 0.162 e. The van der Waals surface area contributed by atoms with Crippen LogP contribution in [0.25, 0.3) is 11.6 Å². The first kappa shape index (κ1) is 26.2. The Morgan fingerprint density at radius 2 is 1.36 bits per heavy atom. The molecule has 5 rings (SSSR count). The molecule has 0 saturated carbocycles. The first-order chi connectivity index (χ1) is 19.0. The smallest absolute Gasteiger partial charge is 0.162 e. The van der Waals surface area contributed by atoms with Gasteiger partial charge >= 0.3 is 0 Å². The lowest BCUT2D eigenvalue weighted by Gasteiger charge is -2.43. The summed E-state index contributed by atoms with van der Waals surface area (Å²) in [6.07, 6.45) is 5.90. The zero-order valence-electron chi connectivity index (χ0n) is 22.2. The third-order valence-corrected chi connectivity index (χ3v) is 7.50. The van der Waals surface area contributed by atoms with E-state index in [1.54, 1.807) is 20.3 Å². The van der Waals surface area contributed by atoms with Gasteiger partial charge in [0.1, 0.15) is 17.1 Å². The van der Waals surface area contributed by atoms with Gasteiger partial charge in [0, 0.05) is 5.92 Å². The predicted molar refractivity (Wildman–Crippen MR) is 156 cm³/mol. The van der Waals surface area contributed by atoms with Crippen LogP contribution in [0.2, 0.25) is 0 Å². The Morgan fingerprint density at radius 3 is 1.95 bits per heavy atom. The summed E-state index contributed by atoms with van der Waals surface area (Å²) in [5.74, 6) is 0.322. The molecule has 0 aromatic heterocycles. The van der Waals surface area contributed by atoms with Crippen LogP contribution in [0.5, 0.6) is 11.5 Å². The van der Waals surface area contributed by atoms with Gasteiger partial charge in [-0.05, 0) is 70.7 Å². The molecule has 0 heterocycles. The molecule has 196 valence electrons. The molecule has 4 nitrogen and oxygen atoms in total. The van der Waals surface area contributed by atoms with Crippen molar-refractivity contribution in [3.63, 3.8) is 0 Å². The number of rotatable bonds is 8. The van der Waals surface area contributed by atoms with Gasteiger partial charge in [-0.3, -0.25) is 4.79 Å². The summed E-state index contributed by atoms with van der Waals surface area (Å²) >= 11 is 0. The molecule has 39 heavy (non-hydrogen) atoms. The van der Waals surface area contributed by atoms with Crippen molar-refractivity contribution in [2.45, 2.75) is 17.9 Å². The number of methoxy groups -OCH3 is 2. The molecule has 4 aromatic rings. The van der Waals surface area contributed by atoms with Crippen LogP contribution in [0.3, 0.4) is 0 Å². The molecule has 4 aromatic carbocycles. The maximum atomic E-state index is 14.1. The van der Waals surface area contributed by atoms with E-state index >= 15 is 0 Å². The SMILES string of the molecule is COc1ccc(C2=C[C@](O)(c3ccc(OC)cc3)[C@@H](C(=O)C=Cc3ccccc3)[C@H](c3ccccc3)C2)cc1. The molecule has 0 bridgehead atoms. The third-order valence-electron chi connectivity index (χ3n) is 7.50. The lowest BCUT2D eigenvalue weighted by molar-refractivity contribution is -0.127. The molecule has 1 N–H and O–H groups in total. The van der Waals surface area contributed by atoms with Crippen molar-refractivity contribution in [1.82, 2.24) is 0 Å². The van der Waals surface area contributed by atoms with Gasteiger partial charge < -0.3 is 14.6 Å². The van der Waals surface area contributed by atoms with Crippen LogP contribution in [0.15, 0.2) is 121 Å². The van der Waals surface area contributed by atoms with Gasteiger partial charge in [0.05, 0.1) is 20.1 Å². The van der Waals surface area contributed by atoms with Crippen molar-refractivity contribution in [3.05, 3.63) is 144 Å². The minimum absolute atomic E-state index is 0.129. The summed E-state index contributed by atoms with van der Waals surface area (Å²) in [5.41, 5.74) is 2.98. The molecular weight excluding hydrogens is 484 g/mol. The van der Waals surface area contributed by atoms with Crippen molar-refractivity contribution in [2.24, 2.45) is 5.92 Å². The number of hydrogen-bond acceptors (Lipinski definition) is 4. The lowest BCUT2D eigenvalue weighted by atomic mass is 9.63. The van der Waals surface area contributed by atoms with Crippen LogP contribution >= 0.6 is 0 Å². The maximum absolute atomic E-state index is 14.1. The third kappa shape index (κ3) is 5.57. The molecular formula is C35H32O4. The number of aliphatic hydroxyl groups is 1. The molecule has 1 aliphatic rings. The van der Waals surface area contributed by atoms with Gasteiger partial charge in [-0.1, -0.05) is 91.0 Å². The van der Waals surface area contributed by atoms with Gasteiger partial charge in [0.15, 0.2) is 5.78 Å². The van der Waals surface area contributed by atoms with Crippen LogP contribution in [0.4, 0.5) is 0 Å². The van der Waals surface area contributed by atoms with Crippen molar-refractivity contribution in [3.8, 4) is 11.5 Å². The van der Waals surface area contributed by atoms with Gasteiger partial charge in [-0.2, -0.15) is 0 Å². The summed E-state index contributed by atoms with van der Waals surface area (Å²) in [6.45, 7) is 0. The highest BCUT2D eigenvalue weighted by Crippen LogP contribution is 2.51. The monoisotopic (exact) mass is 516 g/mol. The highest BCUT2D eigenvalue weighted by molar-refractivity contribution is 5.98. The van der Waals surface area contributed by atoms with E-state index in [0.717, 1.165) is 28.0 Å². The van der Waals surface area contributed by atoms with E-state index < -0.39 is 11.5 Å². The first-order valence-corrected chi connectivity index (χ1v) is 13.1. The Morgan fingerprint density at radius 1 is 0.795 bits per heavy atom. The van der Waals surface area contributed by atoms with Crippen molar-refractivity contribution in [1.29, 1.82) is 0 Å². The fourth-order valence-electron chi connectivity index (χ4n) is 5.47. The Bertz CT molecular complexity index is 1460. The largest absolute Gasteiger partial charge is 0.497 e. The average Bonchev–Trinajstić information content (AvgIpc) is 3.00. The standard InChI is InChI=1S/C35H32O4/c1-38-30-18-14-26(15-19-30)28-23-32(27-11-7-4-8-12-27)34(33(36)22-13-25-9-5-3-6-10-25)35(37,24-28)29-16-20-31(39-2)21-17-29/h3-22,24,32,34,37H,23H2,1-2H3/t32-,34+,35-/m0/s1. The molecule has 4 heteroatoms. The van der Waals surface area contributed by atoms with Gasteiger partial charge in [-0.25, -0.2) is 0 Å². The first-order valence-electron chi connectivity index (χ1n) is 13.1. The summed E-state index contributed by atoms with van der Waals surface area (Å²) < 4.78 is 10.7. The lowest BCUT2D eigenvalue weighted by Crippen LogP contribution is -2.44. The van der Waals surface area contributed by atoms with Crippen LogP contribution in [0, 0.1) is 5.92 Å². The van der Waals surface area contributed by atoms with E-state index in [1.807, 2.05) is 121 Å². The van der Waals surface area contributed by atoms with E-state index in [-0.39, 0.29) is 11.7 Å². The fourth-order valence-corrected chi connectivity index (χ4v) is 5.47. The molecule has 0 fully saturated rings. The van der Waals surface area contributed by atoms with Crippen LogP contribution in [0.1, 0.15) is 34.6 Å². The highest BCUT2D eigenvalue weighted by atomic mass is 16.5. The Balaban J connectivity index is 1.67. The summed E-state index contributed by atoms with van der Waals surface area (Å²) in [6, 6.07) is 34.9. The molecule has 0 unspecified atom stereocenters. The average molecular weight is 517 g/mol. The molecule has 1 aliphatic carbocycles. The zero-order chi connectivity index (χ0) is 27.2. The van der Waals surface area contributed by atoms with Gasteiger partial charge in [0.2, 0.25) is 0 Å². The number of ketones is 1. The van der Waals surface area contributed by atoms with Crippen LogP contribution in [-0.2, 0) is 10.4 Å². The van der Waals surface area contributed by atoms with Crippen LogP contribution < -0.4 is 9.47 Å². The second kappa shape index (κ2) is 11.5. The number of carbonyl (C=O) groups excluding carboxylic acids is 1. The zero-order valence-corrected chi connectivity index (χ0v) is 22.2. The Kier molecular flexibility index (Phi) is 7.76. The molecule has 0 spiro atoms. The number of allylic oxidation sites excluding steroid dienone is 2. The number of benzene rings is 4. The molecule has 3 atom stereocenters. The minimum Gasteiger partial charge on any atom is -0.497 e. The van der Waals surface area contributed by atoms with E-state index in [2.05, 4.69) is 0 Å². The highest BCUT2D eigenvalue weighted by Gasteiger charge is 2.48.